The van der Waals surface area contributed by atoms with Crippen molar-refractivity contribution in [3.63, 3.8) is 0 Å². The monoisotopic (exact) mass is 366 g/mol. The number of ether oxygens (including phenoxy) is 1. The maximum absolute atomic E-state index is 12.3. The fourth-order valence-electron chi connectivity index (χ4n) is 3.15. The minimum absolute atomic E-state index is 0.188. The average molecular weight is 367 g/mol. The van der Waals surface area contributed by atoms with Gasteiger partial charge in [0.2, 0.25) is 11.8 Å². The molecule has 2 fully saturated rings. The van der Waals surface area contributed by atoms with Crippen molar-refractivity contribution in [1.82, 2.24) is 20.0 Å². The molecule has 0 saturated carbocycles. The smallest absolute Gasteiger partial charge is 0.330 e. The van der Waals surface area contributed by atoms with Crippen molar-refractivity contribution in [1.29, 1.82) is 0 Å². The van der Waals surface area contributed by atoms with Gasteiger partial charge in [-0.2, -0.15) is 5.10 Å². The van der Waals surface area contributed by atoms with Gasteiger partial charge in [0.25, 0.3) is 0 Å². The maximum Gasteiger partial charge on any atom is 0.330 e. The standard InChI is InChI=1S/C16H19ClN4O4/c1-9-10(14(17)20(2)19-9)5-6-13(22)25-8-11-16(24)21-7-3-4-12(21)15(23)18-11/h5-6,11-12H,3-4,7-8H2,1-2H3,(H,18,23)/b6-5+/t11-,12-/m0/s1. The number of aromatic nitrogens is 2. The molecule has 25 heavy (non-hydrogen) atoms. The summed E-state index contributed by atoms with van der Waals surface area (Å²) < 4.78 is 6.60. The Kier molecular flexibility index (Phi) is 4.80. The predicted molar refractivity (Wildman–Crippen MR) is 89.6 cm³/mol. The van der Waals surface area contributed by atoms with Gasteiger partial charge in [0, 0.05) is 25.2 Å². The Labute approximate surface area is 149 Å². The molecule has 0 aromatic carbocycles. The number of hydrogen-bond donors (Lipinski definition) is 1. The average Bonchev–Trinajstić information content (AvgIpc) is 3.15. The van der Waals surface area contributed by atoms with Crippen molar-refractivity contribution in [2.24, 2.45) is 7.05 Å². The van der Waals surface area contributed by atoms with Gasteiger partial charge in [0.05, 0.1) is 5.69 Å². The Hall–Kier alpha value is -2.35. The summed E-state index contributed by atoms with van der Waals surface area (Å²) in [5.74, 6) is -1.01. The molecular formula is C16H19ClN4O4. The van der Waals surface area contributed by atoms with E-state index in [2.05, 4.69) is 10.4 Å². The second-order valence-electron chi connectivity index (χ2n) is 6.13. The molecule has 2 amide bonds. The second-order valence-corrected chi connectivity index (χ2v) is 6.49. The van der Waals surface area contributed by atoms with Gasteiger partial charge >= 0.3 is 5.97 Å². The molecule has 9 heteroatoms. The van der Waals surface area contributed by atoms with Gasteiger partial charge in [-0.05, 0) is 25.8 Å². The fraction of sp³-hybridized carbons (Fsp3) is 0.500. The van der Waals surface area contributed by atoms with Crippen LogP contribution in [0.4, 0.5) is 0 Å². The summed E-state index contributed by atoms with van der Waals surface area (Å²) in [6, 6.07) is -1.21. The van der Waals surface area contributed by atoms with Crippen LogP contribution in [0.3, 0.4) is 0 Å². The van der Waals surface area contributed by atoms with Crippen LogP contribution < -0.4 is 5.32 Å². The minimum atomic E-state index is -0.831. The van der Waals surface area contributed by atoms with E-state index >= 15 is 0 Å². The van der Waals surface area contributed by atoms with Gasteiger partial charge in [-0.25, -0.2) is 4.79 Å². The third kappa shape index (κ3) is 3.39. The Morgan fingerprint density at radius 1 is 1.48 bits per heavy atom. The third-order valence-corrected chi connectivity index (χ3v) is 4.88. The van der Waals surface area contributed by atoms with Gasteiger partial charge < -0.3 is 15.0 Å². The van der Waals surface area contributed by atoms with Gasteiger partial charge in [-0.3, -0.25) is 14.3 Å². The zero-order chi connectivity index (χ0) is 18.1. The summed E-state index contributed by atoms with van der Waals surface area (Å²) in [5, 5.41) is 7.18. The Morgan fingerprint density at radius 2 is 2.24 bits per heavy atom. The third-order valence-electron chi connectivity index (χ3n) is 4.43. The van der Waals surface area contributed by atoms with E-state index < -0.39 is 12.0 Å². The first kappa shape index (κ1) is 17.5. The molecule has 2 aliphatic rings. The molecule has 0 aliphatic carbocycles. The van der Waals surface area contributed by atoms with Crippen LogP contribution in [0.1, 0.15) is 24.1 Å². The SMILES string of the molecule is Cc1nn(C)c(Cl)c1/C=C/C(=O)OC[C@@H]1NC(=O)[C@@H]2CCCN2C1=O. The highest BCUT2D eigenvalue weighted by Crippen LogP contribution is 2.22. The van der Waals surface area contributed by atoms with Crippen LogP contribution in [0, 0.1) is 6.92 Å². The number of nitrogens with one attached hydrogen (secondary N) is 1. The summed E-state index contributed by atoms with van der Waals surface area (Å²) in [5.41, 5.74) is 1.31. The first-order valence-electron chi connectivity index (χ1n) is 8.03. The lowest BCUT2D eigenvalue weighted by Gasteiger charge is -2.34. The van der Waals surface area contributed by atoms with E-state index in [9.17, 15) is 14.4 Å². The topological polar surface area (TPSA) is 93.5 Å². The highest BCUT2D eigenvalue weighted by molar-refractivity contribution is 6.31. The lowest BCUT2D eigenvalue weighted by molar-refractivity contribution is -0.151. The Morgan fingerprint density at radius 3 is 2.92 bits per heavy atom. The fourth-order valence-corrected chi connectivity index (χ4v) is 3.38. The number of nitrogens with zero attached hydrogens (tertiary/aromatic N) is 3. The van der Waals surface area contributed by atoms with Crippen molar-refractivity contribution >= 4 is 35.5 Å². The van der Waals surface area contributed by atoms with E-state index in [1.54, 1.807) is 18.9 Å². The van der Waals surface area contributed by atoms with Crippen molar-refractivity contribution in [2.45, 2.75) is 31.8 Å². The number of carbonyl (C=O) groups is 3. The molecule has 2 saturated heterocycles. The first-order valence-corrected chi connectivity index (χ1v) is 8.41. The van der Waals surface area contributed by atoms with Crippen LogP contribution in [0.2, 0.25) is 5.15 Å². The number of rotatable bonds is 4. The van der Waals surface area contributed by atoms with Crippen LogP contribution >= 0.6 is 11.6 Å². The number of aryl methyl sites for hydroxylation is 2. The molecule has 2 atom stereocenters. The summed E-state index contributed by atoms with van der Waals surface area (Å²) >= 11 is 6.08. The number of piperazine rings is 1. The van der Waals surface area contributed by atoms with Crippen molar-refractivity contribution < 1.29 is 19.1 Å². The molecule has 1 aromatic heterocycles. The molecule has 0 bridgehead atoms. The van der Waals surface area contributed by atoms with Crippen LogP contribution in [-0.4, -0.2) is 57.7 Å². The van der Waals surface area contributed by atoms with Crippen molar-refractivity contribution in [3.05, 3.63) is 22.5 Å². The van der Waals surface area contributed by atoms with Gasteiger partial charge in [-0.15, -0.1) is 0 Å². The summed E-state index contributed by atoms with van der Waals surface area (Å²) in [6.07, 6.45) is 4.23. The summed E-state index contributed by atoms with van der Waals surface area (Å²) in [6.45, 7) is 2.15. The zero-order valence-electron chi connectivity index (χ0n) is 14.0. The highest BCUT2D eigenvalue weighted by Gasteiger charge is 2.43. The molecular weight excluding hydrogens is 348 g/mol. The van der Waals surface area contributed by atoms with Crippen LogP contribution in [0.25, 0.3) is 6.08 Å². The van der Waals surface area contributed by atoms with Crippen LogP contribution in [0.5, 0.6) is 0 Å². The largest absolute Gasteiger partial charge is 0.460 e. The van der Waals surface area contributed by atoms with E-state index in [0.717, 1.165) is 6.42 Å². The molecule has 3 heterocycles. The Bertz CT molecular complexity index is 758. The number of fused-ring (bicyclic) bond motifs is 1. The lowest BCUT2D eigenvalue weighted by Crippen LogP contribution is -2.62. The van der Waals surface area contributed by atoms with Crippen LogP contribution in [0.15, 0.2) is 6.08 Å². The molecule has 8 nitrogen and oxygen atoms in total. The minimum Gasteiger partial charge on any atom is -0.460 e. The van der Waals surface area contributed by atoms with Gasteiger partial charge in [0.15, 0.2) is 0 Å². The Balaban J connectivity index is 1.58. The molecule has 3 rings (SSSR count). The molecule has 1 N–H and O–H groups in total. The van der Waals surface area contributed by atoms with E-state index in [1.807, 2.05) is 0 Å². The lowest BCUT2D eigenvalue weighted by atomic mass is 10.1. The quantitative estimate of drug-likeness (QED) is 0.616. The second kappa shape index (κ2) is 6.87. The van der Waals surface area contributed by atoms with Crippen molar-refractivity contribution in [2.75, 3.05) is 13.2 Å². The van der Waals surface area contributed by atoms with E-state index in [0.29, 0.717) is 29.4 Å². The highest BCUT2D eigenvalue weighted by atomic mass is 35.5. The number of carbonyl (C=O) groups excluding carboxylic acids is 3. The molecule has 0 unspecified atom stereocenters. The first-order chi connectivity index (χ1) is 11.9. The summed E-state index contributed by atoms with van der Waals surface area (Å²) in [7, 11) is 1.70. The molecule has 0 spiro atoms. The molecule has 134 valence electrons. The normalized spacial score (nSPS) is 23.1. The van der Waals surface area contributed by atoms with Gasteiger partial charge in [-0.1, -0.05) is 11.6 Å². The molecule has 0 radical (unpaired) electrons. The zero-order valence-corrected chi connectivity index (χ0v) is 14.7. The van der Waals surface area contributed by atoms with E-state index in [-0.39, 0.29) is 24.5 Å². The summed E-state index contributed by atoms with van der Waals surface area (Å²) in [4.78, 5) is 37.7. The number of esters is 1. The maximum atomic E-state index is 12.3. The van der Waals surface area contributed by atoms with Gasteiger partial charge in [0.1, 0.15) is 23.8 Å². The van der Waals surface area contributed by atoms with E-state index in [4.69, 9.17) is 16.3 Å². The van der Waals surface area contributed by atoms with E-state index in [1.165, 1.54) is 16.8 Å². The number of hydrogen-bond acceptors (Lipinski definition) is 5. The molecule has 1 aromatic rings. The molecule has 2 aliphatic heterocycles. The number of amides is 2. The van der Waals surface area contributed by atoms with Crippen molar-refractivity contribution in [3.8, 4) is 0 Å². The van der Waals surface area contributed by atoms with Crippen LogP contribution in [-0.2, 0) is 26.2 Å². The number of halogens is 1. The predicted octanol–water partition coefficient (Wildman–Crippen LogP) is 0.428.